The minimum atomic E-state index is 0.729. The number of ether oxygens (including phenoxy) is 2. The van der Waals surface area contributed by atoms with Crippen LogP contribution in [0.1, 0.15) is 36.5 Å². The van der Waals surface area contributed by atoms with Crippen molar-refractivity contribution in [2.75, 3.05) is 19.0 Å². The Labute approximate surface area is 139 Å². The van der Waals surface area contributed by atoms with Crippen LogP contribution >= 0.6 is 0 Å². The van der Waals surface area contributed by atoms with Crippen LogP contribution in [0.15, 0.2) is 36.4 Å². The second-order valence-corrected chi connectivity index (χ2v) is 5.79. The van der Waals surface area contributed by atoms with Crippen molar-refractivity contribution < 1.29 is 9.47 Å². The average molecular weight is 313 g/mol. The quantitative estimate of drug-likeness (QED) is 0.687. The SMILES string of the molecule is CCCCOc1ccc(CNc2cccc(C)c2C)cc1OC. The topological polar surface area (TPSA) is 30.5 Å². The summed E-state index contributed by atoms with van der Waals surface area (Å²) >= 11 is 0. The fourth-order valence-electron chi connectivity index (χ4n) is 2.41. The molecular formula is C20H27NO2. The largest absolute Gasteiger partial charge is 0.493 e. The summed E-state index contributed by atoms with van der Waals surface area (Å²) < 4.78 is 11.2. The van der Waals surface area contributed by atoms with Crippen molar-refractivity contribution in [3.63, 3.8) is 0 Å². The minimum absolute atomic E-state index is 0.729. The molecule has 0 aromatic heterocycles. The molecule has 0 saturated carbocycles. The number of anilines is 1. The molecule has 0 aliphatic rings. The second-order valence-electron chi connectivity index (χ2n) is 5.79. The van der Waals surface area contributed by atoms with E-state index in [1.165, 1.54) is 22.4 Å². The van der Waals surface area contributed by atoms with Crippen LogP contribution in [0.25, 0.3) is 0 Å². The van der Waals surface area contributed by atoms with Crippen LogP contribution in [0.3, 0.4) is 0 Å². The molecule has 0 amide bonds. The van der Waals surface area contributed by atoms with Crippen LogP contribution < -0.4 is 14.8 Å². The van der Waals surface area contributed by atoms with Gasteiger partial charge >= 0.3 is 0 Å². The highest BCUT2D eigenvalue weighted by molar-refractivity contribution is 5.54. The van der Waals surface area contributed by atoms with Crippen LogP contribution in [-0.2, 0) is 6.54 Å². The molecule has 2 aromatic carbocycles. The van der Waals surface area contributed by atoms with Gasteiger partial charge in [-0.25, -0.2) is 0 Å². The molecule has 3 nitrogen and oxygen atoms in total. The number of hydrogen-bond donors (Lipinski definition) is 1. The van der Waals surface area contributed by atoms with E-state index in [4.69, 9.17) is 9.47 Å². The molecule has 2 aromatic rings. The Balaban J connectivity index is 2.04. The van der Waals surface area contributed by atoms with Gasteiger partial charge in [0.2, 0.25) is 0 Å². The molecule has 1 N–H and O–H groups in total. The fourth-order valence-corrected chi connectivity index (χ4v) is 2.41. The van der Waals surface area contributed by atoms with Gasteiger partial charge in [-0.3, -0.25) is 0 Å². The Bertz CT molecular complexity index is 638. The Kier molecular flexibility index (Phi) is 6.33. The maximum Gasteiger partial charge on any atom is 0.161 e. The first-order chi connectivity index (χ1) is 11.2. The summed E-state index contributed by atoms with van der Waals surface area (Å²) in [6, 6.07) is 12.4. The normalized spacial score (nSPS) is 10.4. The van der Waals surface area contributed by atoms with Crippen LogP contribution in [0, 0.1) is 13.8 Å². The first kappa shape index (κ1) is 17.2. The van der Waals surface area contributed by atoms with Crippen LogP contribution in [0.4, 0.5) is 5.69 Å². The number of hydrogen-bond acceptors (Lipinski definition) is 3. The van der Waals surface area contributed by atoms with Crippen LogP contribution in [0.5, 0.6) is 11.5 Å². The summed E-state index contributed by atoms with van der Waals surface area (Å²) in [5.74, 6) is 1.61. The third-order valence-corrected chi connectivity index (χ3v) is 4.07. The van der Waals surface area contributed by atoms with E-state index < -0.39 is 0 Å². The van der Waals surface area contributed by atoms with E-state index in [0.717, 1.165) is 37.5 Å². The third-order valence-electron chi connectivity index (χ3n) is 4.07. The molecule has 3 heteroatoms. The number of benzene rings is 2. The molecule has 124 valence electrons. The first-order valence-corrected chi connectivity index (χ1v) is 8.25. The van der Waals surface area contributed by atoms with Crippen molar-refractivity contribution in [2.24, 2.45) is 0 Å². The Morgan fingerprint density at radius 1 is 1.04 bits per heavy atom. The van der Waals surface area contributed by atoms with Gasteiger partial charge in [0.05, 0.1) is 13.7 Å². The molecule has 0 unspecified atom stereocenters. The predicted octanol–water partition coefficient (Wildman–Crippen LogP) is 5.10. The molecule has 0 aliphatic heterocycles. The minimum Gasteiger partial charge on any atom is -0.493 e. The fraction of sp³-hybridized carbons (Fsp3) is 0.400. The summed E-state index contributed by atoms with van der Waals surface area (Å²) in [5.41, 5.74) is 4.93. The van der Waals surface area contributed by atoms with Crippen LogP contribution in [-0.4, -0.2) is 13.7 Å². The monoisotopic (exact) mass is 313 g/mol. The zero-order valence-electron chi connectivity index (χ0n) is 14.6. The van der Waals surface area contributed by atoms with Crippen molar-refractivity contribution >= 4 is 5.69 Å². The Morgan fingerprint density at radius 3 is 2.61 bits per heavy atom. The number of aryl methyl sites for hydroxylation is 1. The van der Waals surface area contributed by atoms with Crippen molar-refractivity contribution in [1.82, 2.24) is 0 Å². The van der Waals surface area contributed by atoms with Gasteiger partial charge in [-0.15, -0.1) is 0 Å². The van der Waals surface area contributed by atoms with E-state index in [1.807, 2.05) is 12.1 Å². The van der Waals surface area contributed by atoms with Crippen molar-refractivity contribution in [2.45, 2.75) is 40.2 Å². The van der Waals surface area contributed by atoms with Gasteiger partial charge < -0.3 is 14.8 Å². The number of nitrogens with one attached hydrogen (secondary N) is 1. The highest BCUT2D eigenvalue weighted by Crippen LogP contribution is 2.29. The lowest BCUT2D eigenvalue weighted by molar-refractivity contribution is 0.288. The highest BCUT2D eigenvalue weighted by atomic mass is 16.5. The van der Waals surface area contributed by atoms with Crippen molar-refractivity contribution in [3.05, 3.63) is 53.1 Å². The molecule has 0 heterocycles. The summed E-state index contributed by atoms with van der Waals surface area (Å²) in [5, 5.41) is 3.50. The van der Waals surface area contributed by atoms with Crippen molar-refractivity contribution in [1.29, 1.82) is 0 Å². The molecule has 0 atom stereocenters. The number of rotatable bonds is 8. The van der Waals surface area contributed by atoms with Gasteiger partial charge in [0.1, 0.15) is 0 Å². The van der Waals surface area contributed by atoms with Gasteiger partial charge in [0.25, 0.3) is 0 Å². The Hall–Kier alpha value is -2.16. The molecule has 0 fully saturated rings. The third kappa shape index (κ3) is 4.65. The maximum atomic E-state index is 5.78. The van der Waals surface area contributed by atoms with Gasteiger partial charge in [0.15, 0.2) is 11.5 Å². The van der Waals surface area contributed by atoms with E-state index in [9.17, 15) is 0 Å². The van der Waals surface area contributed by atoms with Crippen LogP contribution in [0.2, 0.25) is 0 Å². The number of methoxy groups -OCH3 is 1. The summed E-state index contributed by atoms with van der Waals surface area (Å²) in [6.45, 7) is 7.92. The standard InChI is InChI=1S/C20H27NO2/c1-5-6-12-23-19-11-10-17(13-20(19)22-4)14-21-18-9-7-8-15(2)16(18)3/h7-11,13,21H,5-6,12,14H2,1-4H3. The number of unbranched alkanes of at least 4 members (excludes halogenated alkanes) is 1. The molecule has 0 radical (unpaired) electrons. The maximum absolute atomic E-state index is 5.78. The molecule has 0 saturated heterocycles. The predicted molar refractivity (Wildman–Crippen MR) is 96.6 cm³/mol. The average Bonchev–Trinajstić information content (AvgIpc) is 2.57. The summed E-state index contributed by atoms with van der Waals surface area (Å²) in [6.07, 6.45) is 2.18. The van der Waals surface area contributed by atoms with Crippen molar-refractivity contribution in [3.8, 4) is 11.5 Å². The lowest BCUT2D eigenvalue weighted by Gasteiger charge is -2.14. The molecule has 0 bridgehead atoms. The highest BCUT2D eigenvalue weighted by Gasteiger charge is 2.06. The summed E-state index contributed by atoms with van der Waals surface area (Å²) in [7, 11) is 1.68. The lowest BCUT2D eigenvalue weighted by Crippen LogP contribution is -2.03. The van der Waals surface area contributed by atoms with E-state index in [0.29, 0.717) is 0 Å². The van der Waals surface area contributed by atoms with E-state index in [2.05, 4.69) is 50.4 Å². The van der Waals surface area contributed by atoms with E-state index >= 15 is 0 Å². The molecule has 2 rings (SSSR count). The smallest absolute Gasteiger partial charge is 0.161 e. The first-order valence-electron chi connectivity index (χ1n) is 8.25. The molecule has 23 heavy (non-hydrogen) atoms. The Morgan fingerprint density at radius 2 is 1.87 bits per heavy atom. The zero-order valence-corrected chi connectivity index (χ0v) is 14.6. The van der Waals surface area contributed by atoms with E-state index in [-0.39, 0.29) is 0 Å². The second kappa shape index (κ2) is 8.47. The zero-order chi connectivity index (χ0) is 16.7. The van der Waals surface area contributed by atoms with Gasteiger partial charge in [-0.1, -0.05) is 31.5 Å². The lowest BCUT2D eigenvalue weighted by atomic mass is 10.1. The van der Waals surface area contributed by atoms with Gasteiger partial charge in [-0.2, -0.15) is 0 Å². The van der Waals surface area contributed by atoms with Gasteiger partial charge in [0, 0.05) is 12.2 Å². The van der Waals surface area contributed by atoms with Gasteiger partial charge in [-0.05, 0) is 55.2 Å². The molecule has 0 aliphatic carbocycles. The molecule has 0 spiro atoms. The van der Waals surface area contributed by atoms with E-state index in [1.54, 1.807) is 7.11 Å². The summed E-state index contributed by atoms with van der Waals surface area (Å²) in [4.78, 5) is 0. The molecular weight excluding hydrogens is 286 g/mol.